The van der Waals surface area contributed by atoms with Gasteiger partial charge in [0, 0.05) is 0 Å². The molecule has 0 aliphatic carbocycles. The molecule has 4 nitrogen and oxygen atoms in total. The predicted molar refractivity (Wildman–Crippen MR) is 71.9 cm³/mol. The van der Waals surface area contributed by atoms with Crippen LogP contribution >= 0.6 is 0 Å². The van der Waals surface area contributed by atoms with E-state index in [1.807, 2.05) is 54.6 Å². The molecular formula is C15H15NO3. The fourth-order valence-electron chi connectivity index (χ4n) is 1.71. The third-order valence-electron chi connectivity index (χ3n) is 2.66. The summed E-state index contributed by atoms with van der Waals surface area (Å²) in [4.78, 5) is 10.8. The van der Waals surface area contributed by atoms with Crippen molar-refractivity contribution in [2.75, 3.05) is 6.61 Å². The average molecular weight is 257 g/mol. The maximum Gasteiger partial charge on any atom is 0.246 e. The van der Waals surface area contributed by atoms with Crippen LogP contribution in [0.15, 0.2) is 54.6 Å². The summed E-state index contributed by atoms with van der Waals surface area (Å²) in [6.45, 7) is 0.227. The average Bonchev–Trinajstić information content (AvgIpc) is 2.48. The highest BCUT2D eigenvalue weighted by molar-refractivity contribution is 5.74. The number of nitrogens with one attached hydrogen (secondary N) is 1. The topological polar surface area (TPSA) is 58.6 Å². The monoisotopic (exact) mass is 257 g/mol. The van der Waals surface area contributed by atoms with Crippen LogP contribution in [0.25, 0.3) is 11.1 Å². The second kappa shape index (κ2) is 6.56. The minimum Gasteiger partial charge on any atom is -0.493 e. The van der Waals surface area contributed by atoms with Crippen LogP contribution in [-0.2, 0) is 4.79 Å². The van der Waals surface area contributed by atoms with E-state index in [0.29, 0.717) is 5.75 Å². The molecule has 0 aliphatic heterocycles. The van der Waals surface area contributed by atoms with Crippen molar-refractivity contribution in [1.82, 2.24) is 5.48 Å². The lowest BCUT2D eigenvalue weighted by Gasteiger charge is -2.07. The summed E-state index contributed by atoms with van der Waals surface area (Å²) in [5.74, 6) is 0.242. The zero-order chi connectivity index (χ0) is 13.5. The number of carbonyl (C=O) groups is 1. The van der Waals surface area contributed by atoms with Crippen LogP contribution < -0.4 is 10.2 Å². The molecule has 0 saturated heterocycles. The number of hydroxylamine groups is 1. The maximum absolute atomic E-state index is 10.8. The van der Waals surface area contributed by atoms with Gasteiger partial charge in [-0.3, -0.25) is 10.0 Å². The Kier molecular flexibility index (Phi) is 4.53. The Morgan fingerprint density at radius 3 is 2.53 bits per heavy atom. The molecule has 0 saturated carbocycles. The first kappa shape index (κ1) is 13.1. The van der Waals surface area contributed by atoms with Gasteiger partial charge in [-0.15, -0.1) is 0 Å². The molecule has 4 heteroatoms. The van der Waals surface area contributed by atoms with Gasteiger partial charge < -0.3 is 4.74 Å². The molecule has 0 spiro atoms. The van der Waals surface area contributed by atoms with Gasteiger partial charge in [-0.05, 0) is 23.3 Å². The Labute approximate surface area is 111 Å². The number of carbonyl (C=O) groups excluding carboxylic acids is 1. The molecule has 2 aromatic rings. The van der Waals surface area contributed by atoms with Gasteiger partial charge in [-0.25, -0.2) is 5.48 Å². The van der Waals surface area contributed by atoms with E-state index in [1.54, 1.807) is 5.48 Å². The SMILES string of the molecule is O=C(CCOc1cccc(-c2ccccc2)c1)NO. The number of hydrogen-bond donors (Lipinski definition) is 2. The van der Waals surface area contributed by atoms with Crippen molar-refractivity contribution < 1.29 is 14.7 Å². The minimum absolute atomic E-state index is 0.117. The van der Waals surface area contributed by atoms with Crippen LogP contribution in [-0.4, -0.2) is 17.7 Å². The highest BCUT2D eigenvalue weighted by atomic mass is 16.5. The zero-order valence-corrected chi connectivity index (χ0v) is 10.4. The van der Waals surface area contributed by atoms with Gasteiger partial charge in [0.1, 0.15) is 5.75 Å². The smallest absolute Gasteiger partial charge is 0.246 e. The highest BCUT2D eigenvalue weighted by Gasteiger charge is 2.02. The molecule has 0 aromatic heterocycles. The van der Waals surface area contributed by atoms with Crippen molar-refractivity contribution in [2.45, 2.75) is 6.42 Å². The van der Waals surface area contributed by atoms with E-state index in [0.717, 1.165) is 11.1 Å². The Hall–Kier alpha value is -2.33. The lowest BCUT2D eigenvalue weighted by molar-refractivity contribution is -0.129. The first-order chi connectivity index (χ1) is 9.29. The lowest BCUT2D eigenvalue weighted by atomic mass is 10.1. The normalized spacial score (nSPS) is 9.95. The van der Waals surface area contributed by atoms with E-state index >= 15 is 0 Å². The Bertz CT molecular complexity index is 540. The van der Waals surface area contributed by atoms with Crippen LogP contribution in [0.5, 0.6) is 5.75 Å². The summed E-state index contributed by atoms with van der Waals surface area (Å²) in [5.41, 5.74) is 3.74. The molecule has 0 radical (unpaired) electrons. The molecule has 2 N–H and O–H groups in total. The quantitative estimate of drug-likeness (QED) is 0.639. The molecule has 0 fully saturated rings. The van der Waals surface area contributed by atoms with Crippen LogP contribution in [0.3, 0.4) is 0 Å². The van der Waals surface area contributed by atoms with E-state index in [1.165, 1.54) is 0 Å². The minimum atomic E-state index is -0.459. The summed E-state index contributed by atoms with van der Waals surface area (Å²) < 4.78 is 5.47. The zero-order valence-electron chi connectivity index (χ0n) is 10.4. The second-order valence-electron chi connectivity index (χ2n) is 4.03. The summed E-state index contributed by atoms with van der Waals surface area (Å²) >= 11 is 0. The Morgan fingerprint density at radius 2 is 1.79 bits per heavy atom. The van der Waals surface area contributed by atoms with E-state index < -0.39 is 5.91 Å². The highest BCUT2D eigenvalue weighted by Crippen LogP contribution is 2.23. The summed E-state index contributed by atoms with van der Waals surface area (Å²) in [7, 11) is 0. The fraction of sp³-hybridized carbons (Fsp3) is 0.133. The van der Waals surface area contributed by atoms with Crippen LogP contribution in [0, 0.1) is 0 Å². The van der Waals surface area contributed by atoms with Crippen molar-refractivity contribution in [1.29, 1.82) is 0 Å². The van der Waals surface area contributed by atoms with E-state index in [2.05, 4.69) is 0 Å². The fourth-order valence-corrected chi connectivity index (χ4v) is 1.71. The number of amides is 1. The molecule has 98 valence electrons. The van der Waals surface area contributed by atoms with Gasteiger partial charge in [0.15, 0.2) is 0 Å². The largest absolute Gasteiger partial charge is 0.493 e. The van der Waals surface area contributed by atoms with Gasteiger partial charge in [0.05, 0.1) is 13.0 Å². The van der Waals surface area contributed by atoms with Gasteiger partial charge in [-0.1, -0.05) is 42.5 Å². The molecule has 0 unspecified atom stereocenters. The Morgan fingerprint density at radius 1 is 1.05 bits per heavy atom. The van der Waals surface area contributed by atoms with Crippen molar-refractivity contribution in [3.8, 4) is 16.9 Å². The molecule has 1 amide bonds. The van der Waals surface area contributed by atoms with Crippen molar-refractivity contribution in [3.63, 3.8) is 0 Å². The summed E-state index contributed by atoms with van der Waals surface area (Å²) in [5, 5.41) is 8.37. The summed E-state index contributed by atoms with van der Waals surface area (Å²) in [6, 6.07) is 17.7. The molecule has 0 atom stereocenters. The third-order valence-corrected chi connectivity index (χ3v) is 2.66. The molecule has 0 heterocycles. The standard InChI is InChI=1S/C15H15NO3/c17-15(16-18)9-10-19-14-8-4-7-13(11-14)12-5-2-1-3-6-12/h1-8,11,18H,9-10H2,(H,16,17). The third kappa shape index (κ3) is 3.82. The molecule has 19 heavy (non-hydrogen) atoms. The van der Waals surface area contributed by atoms with Gasteiger partial charge in [-0.2, -0.15) is 0 Å². The molecule has 2 rings (SSSR count). The molecule has 2 aromatic carbocycles. The van der Waals surface area contributed by atoms with E-state index in [9.17, 15) is 4.79 Å². The van der Waals surface area contributed by atoms with E-state index in [-0.39, 0.29) is 13.0 Å². The number of benzene rings is 2. The lowest BCUT2D eigenvalue weighted by Crippen LogP contribution is -2.20. The summed E-state index contributed by atoms with van der Waals surface area (Å²) in [6.07, 6.45) is 0.117. The van der Waals surface area contributed by atoms with Crippen molar-refractivity contribution in [3.05, 3.63) is 54.6 Å². The van der Waals surface area contributed by atoms with Gasteiger partial charge in [0.2, 0.25) is 5.91 Å². The van der Waals surface area contributed by atoms with Crippen LogP contribution in [0.1, 0.15) is 6.42 Å². The molecule has 0 bridgehead atoms. The maximum atomic E-state index is 10.8. The van der Waals surface area contributed by atoms with Crippen molar-refractivity contribution >= 4 is 5.91 Å². The van der Waals surface area contributed by atoms with Crippen molar-refractivity contribution in [2.24, 2.45) is 0 Å². The van der Waals surface area contributed by atoms with Gasteiger partial charge >= 0.3 is 0 Å². The molecule has 0 aliphatic rings. The second-order valence-corrected chi connectivity index (χ2v) is 4.03. The number of hydrogen-bond acceptors (Lipinski definition) is 3. The Balaban J connectivity index is 2.02. The molecular weight excluding hydrogens is 242 g/mol. The van der Waals surface area contributed by atoms with E-state index in [4.69, 9.17) is 9.94 Å². The first-order valence-electron chi connectivity index (χ1n) is 6.01. The van der Waals surface area contributed by atoms with Gasteiger partial charge in [0.25, 0.3) is 0 Å². The number of rotatable bonds is 5. The first-order valence-corrected chi connectivity index (χ1v) is 6.01. The predicted octanol–water partition coefficient (Wildman–Crippen LogP) is 2.63. The van der Waals surface area contributed by atoms with Crippen LogP contribution in [0.4, 0.5) is 0 Å². The number of ether oxygens (including phenoxy) is 1. The van der Waals surface area contributed by atoms with Crippen LogP contribution in [0.2, 0.25) is 0 Å².